The fraction of sp³-hybridized carbons (Fsp3) is 0.320. The summed E-state index contributed by atoms with van der Waals surface area (Å²) in [6.07, 6.45) is 6.59. The van der Waals surface area contributed by atoms with E-state index in [1.54, 1.807) is 24.7 Å². The van der Waals surface area contributed by atoms with E-state index >= 15 is 0 Å². The van der Waals surface area contributed by atoms with Crippen LogP contribution in [0.15, 0.2) is 53.8 Å². The number of aliphatic hydroxyl groups is 1. The Labute approximate surface area is 212 Å². The molecule has 0 saturated heterocycles. The number of rotatable bonds is 5. The molecule has 5 rings (SSSR count). The van der Waals surface area contributed by atoms with Gasteiger partial charge in [0.1, 0.15) is 11.6 Å². The summed E-state index contributed by atoms with van der Waals surface area (Å²) < 4.78 is 54.6. The number of anilines is 2. The number of aliphatic hydroxyl groups excluding tert-OH is 1. The Morgan fingerprint density at radius 2 is 1.86 bits per heavy atom. The summed E-state index contributed by atoms with van der Waals surface area (Å²) in [7, 11) is -3.79. The van der Waals surface area contributed by atoms with E-state index in [9.17, 15) is 22.3 Å². The molecule has 0 unspecified atom stereocenters. The first-order valence-electron chi connectivity index (χ1n) is 11.7. The zero-order valence-electron chi connectivity index (χ0n) is 20.1. The van der Waals surface area contributed by atoms with Crippen molar-refractivity contribution in [3.63, 3.8) is 0 Å². The number of nitrogens with one attached hydrogen (secondary N) is 1. The van der Waals surface area contributed by atoms with E-state index < -0.39 is 38.0 Å². The Balaban J connectivity index is 1.51. The van der Waals surface area contributed by atoms with Gasteiger partial charge in [0, 0.05) is 18.5 Å². The minimum atomic E-state index is -3.79. The van der Waals surface area contributed by atoms with E-state index in [4.69, 9.17) is 5.73 Å². The molecule has 3 aromatic heterocycles. The van der Waals surface area contributed by atoms with Crippen molar-refractivity contribution in [2.45, 2.75) is 42.7 Å². The highest BCUT2D eigenvalue weighted by Crippen LogP contribution is 2.39. The number of sulfone groups is 1. The zero-order chi connectivity index (χ0) is 26.5. The minimum Gasteiger partial charge on any atom is -0.391 e. The van der Waals surface area contributed by atoms with Crippen LogP contribution in [0.25, 0.3) is 16.8 Å². The van der Waals surface area contributed by atoms with Crippen LogP contribution < -0.4 is 11.1 Å². The highest BCUT2D eigenvalue weighted by atomic mass is 32.2. The van der Waals surface area contributed by atoms with E-state index in [-0.39, 0.29) is 23.6 Å². The third-order valence-electron chi connectivity index (χ3n) is 6.86. The number of benzene rings is 1. The standard InChI is InChI=1S/C25H26F2N6O3S/c1-13-7-14(8-20(28)24(13)34)17-5-6-29-12-22(17)31-25-30-11-15-3-4-21(32-33(15)25)23-18(26)9-16(10-19(23)27)37(2,35)36/h3-6,9-14,20,24,34H,7-8,28H2,1-2H3,(H,30,31)/t13-,14+,20+,24-/m0/s1. The Kier molecular flexibility index (Phi) is 6.42. The number of imidazole rings is 1. The molecule has 0 amide bonds. The van der Waals surface area contributed by atoms with Crippen molar-refractivity contribution in [3.05, 3.63) is 66.1 Å². The van der Waals surface area contributed by atoms with Crippen molar-refractivity contribution in [1.29, 1.82) is 0 Å². The van der Waals surface area contributed by atoms with Gasteiger partial charge in [-0.15, -0.1) is 0 Å². The van der Waals surface area contributed by atoms with Gasteiger partial charge in [-0.3, -0.25) is 4.98 Å². The number of halogens is 2. The van der Waals surface area contributed by atoms with Crippen LogP contribution in [0.3, 0.4) is 0 Å². The van der Waals surface area contributed by atoms with Gasteiger partial charge in [0.15, 0.2) is 9.84 Å². The lowest BCUT2D eigenvalue weighted by atomic mass is 9.74. The number of hydrogen-bond donors (Lipinski definition) is 3. The van der Waals surface area contributed by atoms with Gasteiger partial charge in [0.25, 0.3) is 0 Å². The fourth-order valence-corrected chi connectivity index (χ4v) is 5.56. The van der Waals surface area contributed by atoms with Gasteiger partial charge in [0.05, 0.1) is 45.9 Å². The highest BCUT2D eigenvalue weighted by Gasteiger charge is 2.34. The summed E-state index contributed by atoms with van der Waals surface area (Å²) >= 11 is 0. The highest BCUT2D eigenvalue weighted by molar-refractivity contribution is 7.90. The van der Waals surface area contributed by atoms with Crippen LogP contribution in [-0.2, 0) is 9.84 Å². The Morgan fingerprint density at radius 1 is 1.14 bits per heavy atom. The predicted molar refractivity (Wildman–Crippen MR) is 134 cm³/mol. The van der Waals surface area contributed by atoms with Crippen molar-refractivity contribution >= 4 is 27.0 Å². The Hall–Kier alpha value is -3.48. The average molecular weight is 529 g/mol. The van der Waals surface area contributed by atoms with E-state index in [1.165, 1.54) is 10.6 Å². The molecule has 1 aromatic carbocycles. The first-order valence-corrected chi connectivity index (χ1v) is 13.6. The largest absolute Gasteiger partial charge is 0.391 e. The summed E-state index contributed by atoms with van der Waals surface area (Å²) in [4.78, 5) is 8.14. The van der Waals surface area contributed by atoms with E-state index in [0.717, 1.165) is 30.4 Å². The number of aromatic nitrogens is 4. The molecule has 1 saturated carbocycles. The predicted octanol–water partition coefficient (Wildman–Crippen LogP) is 3.42. The van der Waals surface area contributed by atoms with Crippen LogP contribution in [0, 0.1) is 17.6 Å². The molecule has 194 valence electrons. The molecular formula is C25H26F2N6O3S. The zero-order valence-corrected chi connectivity index (χ0v) is 21.0. The van der Waals surface area contributed by atoms with Crippen molar-refractivity contribution in [3.8, 4) is 11.3 Å². The molecule has 0 aliphatic heterocycles. The molecule has 4 aromatic rings. The second-order valence-electron chi connectivity index (χ2n) is 9.56. The molecule has 0 spiro atoms. The quantitative estimate of drug-likeness (QED) is 0.359. The number of nitrogens with two attached hydrogens (primary N) is 1. The maximum Gasteiger partial charge on any atom is 0.229 e. The molecule has 1 aliphatic carbocycles. The number of pyridine rings is 1. The first kappa shape index (κ1) is 25.2. The van der Waals surface area contributed by atoms with Crippen molar-refractivity contribution in [2.24, 2.45) is 11.7 Å². The van der Waals surface area contributed by atoms with Crippen LogP contribution in [-0.4, -0.2) is 51.5 Å². The maximum atomic E-state index is 14.8. The van der Waals surface area contributed by atoms with Crippen LogP contribution >= 0.6 is 0 Å². The third-order valence-corrected chi connectivity index (χ3v) is 7.95. The number of nitrogens with zero attached hydrogens (tertiary/aromatic N) is 4. The Bertz CT molecular complexity index is 1560. The molecule has 37 heavy (non-hydrogen) atoms. The van der Waals surface area contributed by atoms with Gasteiger partial charge in [-0.1, -0.05) is 6.92 Å². The molecule has 4 N–H and O–H groups in total. The van der Waals surface area contributed by atoms with E-state index in [0.29, 0.717) is 23.6 Å². The summed E-state index contributed by atoms with van der Waals surface area (Å²) in [5.41, 5.74) is 7.92. The van der Waals surface area contributed by atoms with Gasteiger partial charge >= 0.3 is 0 Å². The van der Waals surface area contributed by atoms with Gasteiger partial charge in [-0.25, -0.2) is 22.2 Å². The Morgan fingerprint density at radius 3 is 2.54 bits per heavy atom. The summed E-state index contributed by atoms with van der Waals surface area (Å²) in [6.45, 7) is 1.97. The second kappa shape index (κ2) is 9.43. The minimum absolute atomic E-state index is 0.0314. The van der Waals surface area contributed by atoms with Crippen molar-refractivity contribution in [1.82, 2.24) is 19.6 Å². The molecule has 1 aliphatic rings. The lowest BCUT2D eigenvalue weighted by Gasteiger charge is -2.36. The monoisotopic (exact) mass is 528 g/mol. The van der Waals surface area contributed by atoms with Gasteiger partial charge in [0.2, 0.25) is 5.95 Å². The van der Waals surface area contributed by atoms with Crippen molar-refractivity contribution < 1.29 is 22.3 Å². The SMILES string of the molecule is C[C@H]1C[C@@H](c2ccncc2Nc2ncc3ccc(-c4c(F)cc(S(C)(=O)=O)cc4F)nn23)C[C@@H](N)[C@H]1O. The van der Waals surface area contributed by atoms with Crippen LogP contribution in [0.5, 0.6) is 0 Å². The smallest absolute Gasteiger partial charge is 0.229 e. The molecule has 4 atom stereocenters. The van der Waals surface area contributed by atoms with Crippen LogP contribution in [0.2, 0.25) is 0 Å². The maximum absolute atomic E-state index is 14.8. The molecule has 1 fully saturated rings. The van der Waals surface area contributed by atoms with Crippen LogP contribution in [0.1, 0.15) is 31.2 Å². The summed E-state index contributed by atoms with van der Waals surface area (Å²) in [6, 6.07) is 6.16. The lowest BCUT2D eigenvalue weighted by molar-refractivity contribution is 0.0521. The normalized spacial score (nSPS) is 22.3. The van der Waals surface area contributed by atoms with Gasteiger partial charge in [-0.2, -0.15) is 9.61 Å². The topological polar surface area (TPSA) is 136 Å². The third kappa shape index (κ3) is 4.79. The molecular weight excluding hydrogens is 502 g/mol. The van der Waals surface area contributed by atoms with E-state index in [1.807, 2.05) is 13.0 Å². The average Bonchev–Trinajstić information content (AvgIpc) is 3.23. The molecule has 0 radical (unpaired) electrons. The lowest BCUT2D eigenvalue weighted by Crippen LogP contribution is -2.44. The molecule has 12 heteroatoms. The number of fused-ring (bicyclic) bond motifs is 1. The summed E-state index contributed by atoms with van der Waals surface area (Å²) in [5, 5.41) is 17.9. The number of hydrogen-bond acceptors (Lipinski definition) is 8. The molecule has 9 nitrogen and oxygen atoms in total. The fourth-order valence-electron chi connectivity index (χ4n) is 4.92. The van der Waals surface area contributed by atoms with Crippen LogP contribution in [0.4, 0.5) is 20.4 Å². The van der Waals surface area contributed by atoms with Gasteiger partial charge < -0.3 is 16.2 Å². The van der Waals surface area contributed by atoms with Gasteiger partial charge in [-0.05, 0) is 60.6 Å². The van der Waals surface area contributed by atoms with Crippen molar-refractivity contribution in [2.75, 3.05) is 11.6 Å². The summed E-state index contributed by atoms with van der Waals surface area (Å²) in [5.74, 6) is -1.66. The molecule has 3 heterocycles. The second-order valence-corrected chi connectivity index (χ2v) is 11.6. The van der Waals surface area contributed by atoms with E-state index in [2.05, 4.69) is 20.4 Å². The molecule has 0 bridgehead atoms. The first-order chi connectivity index (χ1) is 17.5.